The van der Waals surface area contributed by atoms with Gasteiger partial charge in [0.05, 0.1) is 10.7 Å². The van der Waals surface area contributed by atoms with Gasteiger partial charge in [-0.05, 0) is 25.1 Å². The molecule has 0 radical (unpaired) electrons. The summed E-state index contributed by atoms with van der Waals surface area (Å²) in [5.41, 5.74) is 1.84. The summed E-state index contributed by atoms with van der Waals surface area (Å²) in [6.07, 6.45) is 0. The summed E-state index contributed by atoms with van der Waals surface area (Å²) < 4.78 is 5.15. The van der Waals surface area contributed by atoms with E-state index in [2.05, 4.69) is 25.6 Å². The highest BCUT2D eigenvalue weighted by molar-refractivity contribution is 6.36. The van der Waals surface area contributed by atoms with Crippen LogP contribution < -0.4 is 0 Å². The lowest BCUT2D eigenvalue weighted by atomic mass is 10.2. The zero-order valence-electron chi connectivity index (χ0n) is 9.69. The first-order valence-corrected chi connectivity index (χ1v) is 6.07. The van der Waals surface area contributed by atoms with Crippen molar-refractivity contribution in [1.82, 2.24) is 25.6 Å². The minimum absolute atomic E-state index is 0.285. The molecular formula is C11H7Cl2N5O. The van der Waals surface area contributed by atoms with Crippen molar-refractivity contribution in [2.24, 2.45) is 0 Å². The molecule has 2 heterocycles. The van der Waals surface area contributed by atoms with Crippen LogP contribution in [0.3, 0.4) is 0 Å². The van der Waals surface area contributed by atoms with Crippen LogP contribution in [0.2, 0.25) is 10.0 Å². The molecule has 0 saturated heterocycles. The molecule has 0 spiro atoms. The van der Waals surface area contributed by atoms with Gasteiger partial charge in [0.25, 0.3) is 5.89 Å². The summed E-state index contributed by atoms with van der Waals surface area (Å²) in [5.74, 6) is 0.659. The van der Waals surface area contributed by atoms with Gasteiger partial charge < -0.3 is 4.52 Å². The second kappa shape index (κ2) is 4.64. The van der Waals surface area contributed by atoms with Crippen LogP contribution in [0.4, 0.5) is 0 Å². The standard InChI is InChI=1S/C11H7Cl2N5O/c1-5-9(16-18-15-5)11-14-10(17-19-11)7-3-2-6(12)4-8(7)13/h2-4H,1H3,(H,15,16,18). The zero-order chi connectivity index (χ0) is 13.4. The summed E-state index contributed by atoms with van der Waals surface area (Å²) in [6.45, 7) is 1.79. The van der Waals surface area contributed by atoms with Gasteiger partial charge in [-0.15, -0.1) is 0 Å². The number of aromatic amines is 1. The third-order valence-corrected chi connectivity index (χ3v) is 3.07. The third kappa shape index (κ3) is 2.20. The Labute approximate surface area is 117 Å². The molecule has 0 atom stereocenters. The molecule has 0 aliphatic carbocycles. The molecular weight excluding hydrogens is 289 g/mol. The van der Waals surface area contributed by atoms with Gasteiger partial charge in [0.15, 0.2) is 5.69 Å². The molecule has 0 unspecified atom stereocenters. The fourth-order valence-electron chi connectivity index (χ4n) is 1.59. The summed E-state index contributed by atoms with van der Waals surface area (Å²) in [4.78, 5) is 4.25. The maximum atomic E-state index is 6.09. The van der Waals surface area contributed by atoms with Crippen molar-refractivity contribution in [3.05, 3.63) is 33.9 Å². The third-order valence-electron chi connectivity index (χ3n) is 2.52. The highest BCUT2D eigenvalue weighted by Crippen LogP contribution is 2.29. The summed E-state index contributed by atoms with van der Waals surface area (Å²) in [7, 11) is 0. The van der Waals surface area contributed by atoms with Crippen LogP contribution in [0.15, 0.2) is 22.7 Å². The minimum atomic E-state index is 0.285. The molecule has 1 aromatic carbocycles. The van der Waals surface area contributed by atoms with Crippen LogP contribution in [0.5, 0.6) is 0 Å². The van der Waals surface area contributed by atoms with Gasteiger partial charge >= 0.3 is 0 Å². The Balaban J connectivity index is 2.04. The fourth-order valence-corrected chi connectivity index (χ4v) is 2.08. The van der Waals surface area contributed by atoms with Crippen molar-refractivity contribution in [2.45, 2.75) is 6.92 Å². The number of rotatable bonds is 2. The second-order valence-corrected chi connectivity index (χ2v) is 4.65. The summed E-state index contributed by atoms with van der Waals surface area (Å²) in [5, 5.41) is 15.2. The predicted octanol–water partition coefficient (Wildman–Crippen LogP) is 3.14. The molecule has 2 aromatic heterocycles. The van der Waals surface area contributed by atoms with Gasteiger partial charge in [0.2, 0.25) is 5.82 Å². The molecule has 8 heteroatoms. The normalized spacial score (nSPS) is 10.9. The van der Waals surface area contributed by atoms with Crippen LogP contribution in [-0.4, -0.2) is 25.6 Å². The summed E-state index contributed by atoms with van der Waals surface area (Å²) in [6, 6.07) is 5.06. The lowest BCUT2D eigenvalue weighted by molar-refractivity contribution is 0.430. The number of aryl methyl sites for hydroxylation is 1. The molecule has 96 valence electrons. The number of aromatic nitrogens is 5. The Morgan fingerprint density at radius 1 is 1.21 bits per heavy atom. The monoisotopic (exact) mass is 295 g/mol. The van der Waals surface area contributed by atoms with Gasteiger partial charge in [-0.1, -0.05) is 28.4 Å². The zero-order valence-corrected chi connectivity index (χ0v) is 11.2. The molecule has 0 amide bonds. The number of halogens is 2. The Hall–Kier alpha value is -1.92. The summed E-state index contributed by atoms with van der Waals surface area (Å²) >= 11 is 11.9. The van der Waals surface area contributed by atoms with Crippen LogP contribution in [0.25, 0.3) is 23.0 Å². The first-order chi connectivity index (χ1) is 9.15. The molecule has 19 heavy (non-hydrogen) atoms. The molecule has 3 rings (SSSR count). The van der Waals surface area contributed by atoms with Gasteiger partial charge in [0, 0.05) is 10.6 Å². The Kier molecular flexibility index (Phi) is 2.96. The minimum Gasteiger partial charge on any atom is -0.332 e. The SMILES string of the molecule is Cc1n[nH]nc1-c1nc(-c2ccc(Cl)cc2Cl)no1. The fraction of sp³-hybridized carbons (Fsp3) is 0.0909. The number of nitrogens with one attached hydrogen (secondary N) is 1. The second-order valence-electron chi connectivity index (χ2n) is 3.80. The highest BCUT2D eigenvalue weighted by atomic mass is 35.5. The van der Waals surface area contributed by atoms with Crippen molar-refractivity contribution in [3.8, 4) is 23.0 Å². The van der Waals surface area contributed by atoms with E-state index >= 15 is 0 Å². The number of benzene rings is 1. The average Bonchev–Trinajstić information content (AvgIpc) is 2.97. The Bertz CT molecular complexity index is 736. The van der Waals surface area contributed by atoms with Crippen molar-refractivity contribution < 1.29 is 4.52 Å². The van der Waals surface area contributed by atoms with Crippen LogP contribution in [-0.2, 0) is 0 Å². The van der Waals surface area contributed by atoms with Gasteiger partial charge in [0.1, 0.15) is 0 Å². The van der Waals surface area contributed by atoms with Crippen molar-refractivity contribution in [2.75, 3.05) is 0 Å². The first-order valence-electron chi connectivity index (χ1n) is 5.32. The predicted molar refractivity (Wildman–Crippen MR) is 69.9 cm³/mol. The Morgan fingerprint density at radius 2 is 2.05 bits per heavy atom. The lowest BCUT2D eigenvalue weighted by Gasteiger charge is -1.98. The average molecular weight is 296 g/mol. The lowest BCUT2D eigenvalue weighted by Crippen LogP contribution is -1.84. The van der Waals surface area contributed by atoms with E-state index in [0.717, 1.165) is 0 Å². The number of hydrogen-bond donors (Lipinski definition) is 1. The largest absolute Gasteiger partial charge is 0.332 e. The quantitative estimate of drug-likeness (QED) is 0.785. The number of nitrogens with zero attached hydrogens (tertiary/aromatic N) is 4. The van der Waals surface area contributed by atoms with Crippen LogP contribution in [0.1, 0.15) is 5.69 Å². The molecule has 0 bridgehead atoms. The smallest absolute Gasteiger partial charge is 0.280 e. The molecule has 6 nitrogen and oxygen atoms in total. The van der Waals surface area contributed by atoms with Crippen molar-refractivity contribution in [3.63, 3.8) is 0 Å². The highest BCUT2D eigenvalue weighted by Gasteiger charge is 2.17. The van der Waals surface area contributed by atoms with Gasteiger partial charge in [-0.2, -0.15) is 20.4 Å². The van der Waals surface area contributed by atoms with E-state index in [-0.39, 0.29) is 5.89 Å². The molecule has 0 aliphatic rings. The maximum absolute atomic E-state index is 6.09. The number of H-pyrrole nitrogens is 1. The van der Waals surface area contributed by atoms with Crippen LogP contribution >= 0.6 is 23.2 Å². The van der Waals surface area contributed by atoms with E-state index in [0.29, 0.717) is 32.8 Å². The van der Waals surface area contributed by atoms with Gasteiger partial charge in [-0.25, -0.2) is 0 Å². The Morgan fingerprint density at radius 3 is 2.74 bits per heavy atom. The van der Waals surface area contributed by atoms with E-state index in [1.165, 1.54) is 0 Å². The van der Waals surface area contributed by atoms with Crippen molar-refractivity contribution >= 4 is 23.2 Å². The molecule has 0 aliphatic heterocycles. The van der Waals surface area contributed by atoms with E-state index in [1.54, 1.807) is 25.1 Å². The van der Waals surface area contributed by atoms with Crippen molar-refractivity contribution in [1.29, 1.82) is 0 Å². The maximum Gasteiger partial charge on any atom is 0.280 e. The first kappa shape index (κ1) is 12.1. The molecule has 1 N–H and O–H groups in total. The van der Waals surface area contributed by atoms with E-state index in [9.17, 15) is 0 Å². The molecule has 0 fully saturated rings. The number of hydrogen-bond acceptors (Lipinski definition) is 5. The van der Waals surface area contributed by atoms with E-state index in [4.69, 9.17) is 27.7 Å². The molecule has 3 aromatic rings. The molecule has 0 saturated carbocycles. The van der Waals surface area contributed by atoms with E-state index < -0.39 is 0 Å². The van der Waals surface area contributed by atoms with E-state index in [1.807, 2.05) is 0 Å². The van der Waals surface area contributed by atoms with Gasteiger partial charge in [-0.3, -0.25) is 0 Å². The topological polar surface area (TPSA) is 80.5 Å². The van der Waals surface area contributed by atoms with Crippen LogP contribution in [0, 0.1) is 6.92 Å².